The highest BCUT2D eigenvalue weighted by atomic mass is 79.9. The predicted molar refractivity (Wildman–Crippen MR) is 401 cm³/mol. The van der Waals surface area contributed by atoms with E-state index < -0.39 is 46.7 Å². The number of rotatable bonds is 15. The molecule has 554 valence electrons. The lowest BCUT2D eigenvalue weighted by atomic mass is 9.82. The number of carbonyl (C=O) groups excluding carboxylic acids is 3. The number of amidine groups is 3. The van der Waals surface area contributed by atoms with E-state index in [0.717, 1.165) is 149 Å². The Morgan fingerprint density at radius 3 is 1.23 bits per heavy atom. The molecule has 9 aliphatic rings. The molecule has 3 aliphatic carbocycles. The summed E-state index contributed by atoms with van der Waals surface area (Å²) in [5, 5.41) is 18.3. The topological polar surface area (TPSA) is 284 Å². The van der Waals surface area contributed by atoms with E-state index in [4.69, 9.17) is 34.3 Å². The number of benzene rings is 3. The van der Waals surface area contributed by atoms with Gasteiger partial charge in [0.05, 0.1) is 27.1 Å². The summed E-state index contributed by atoms with van der Waals surface area (Å²) in [6.45, 7) is 17.9. The van der Waals surface area contributed by atoms with Crippen molar-refractivity contribution in [2.75, 3.05) is 73.5 Å². The van der Waals surface area contributed by atoms with Gasteiger partial charge in [-0.15, -0.1) is 0 Å². The van der Waals surface area contributed by atoms with Crippen molar-refractivity contribution in [1.29, 1.82) is 0 Å². The first kappa shape index (κ1) is 81.4. The third-order valence-corrected chi connectivity index (χ3v) is 27.6. The molecule has 0 bridgehead atoms. The number of ether oxygens (including phenoxy) is 3. The number of methoxy groups -OCH3 is 3. The number of nitrogens with zero attached hydrogens (tertiary/aromatic N) is 6. The minimum Gasteiger partial charge on any atom is -0.496 e. The first-order valence-electron chi connectivity index (χ1n) is 35.1. The fourth-order valence-electron chi connectivity index (χ4n) is 14.9. The molecule has 6 fully saturated rings. The Hall–Kier alpha value is -5.87. The number of carbonyl (C=O) groups is 3. The second-order valence-corrected chi connectivity index (χ2v) is 34.8. The minimum atomic E-state index is -3.59. The molecular formula is C74H110BrN9O13S3. The second-order valence-electron chi connectivity index (χ2n) is 28.1. The summed E-state index contributed by atoms with van der Waals surface area (Å²) in [6.07, 6.45) is 18.1. The molecular weight excluding hydrogens is 1400 g/mol. The molecule has 0 radical (unpaired) electrons. The first-order valence-corrected chi connectivity index (χ1v) is 40.5. The lowest BCUT2D eigenvalue weighted by Crippen LogP contribution is -2.51. The van der Waals surface area contributed by atoms with Crippen molar-refractivity contribution in [2.45, 2.75) is 188 Å². The quantitative estimate of drug-likeness (QED) is 0.110. The number of hydrogen-bond donors (Lipinski definition) is 4. The summed E-state index contributed by atoms with van der Waals surface area (Å²) >= 11 is 3.41. The van der Waals surface area contributed by atoms with Crippen molar-refractivity contribution in [1.82, 2.24) is 28.9 Å². The van der Waals surface area contributed by atoms with Crippen LogP contribution in [0.25, 0.3) is 6.08 Å². The van der Waals surface area contributed by atoms with Gasteiger partial charge in [0.2, 0.25) is 30.1 Å². The van der Waals surface area contributed by atoms with E-state index in [-0.39, 0.29) is 44.0 Å². The molecule has 4 N–H and O–H groups in total. The number of hydrogen-bond acceptors (Lipinski definition) is 16. The van der Waals surface area contributed by atoms with Crippen molar-refractivity contribution in [3.63, 3.8) is 0 Å². The molecule has 3 aromatic rings. The Balaban J connectivity index is 0.000000195. The summed E-state index contributed by atoms with van der Waals surface area (Å²) < 4.78 is 96.8. The van der Waals surface area contributed by atoms with Crippen LogP contribution in [-0.2, 0) is 50.9 Å². The van der Waals surface area contributed by atoms with Gasteiger partial charge in [0.1, 0.15) is 51.4 Å². The van der Waals surface area contributed by atoms with Crippen LogP contribution in [0.5, 0.6) is 17.2 Å². The molecule has 6 aliphatic heterocycles. The number of sulfonamides is 3. The maximum Gasteiger partial charge on any atom is 0.253 e. The summed E-state index contributed by atoms with van der Waals surface area (Å²) in [7, 11) is -4.52. The van der Waals surface area contributed by atoms with E-state index in [1.807, 2.05) is 75.4 Å². The number of halogens is 1. The molecule has 0 aromatic heterocycles. The average Bonchev–Trinajstić information content (AvgIpc) is 1.60. The van der Waals surface area contributed by atoms with Crippen LogP contribution in [0.15, 0.2) is 91.4 Å². The number of amides is 3. The van der Waals surface area contributed by atoms with Gasteiger partial charge in [-0.1, -0.05) is 120 Å². The smallest absolute Gasteiger partial charge is 0.253 e. The van der Waals surface area contributed by atoms with Crippen molar-refractivity contribution >= 4 is 87.3 Å². The van der Waals surface area contributed by atoms with Crippen LogP contribution >= 0.6 is 15.9 Å². The van der Waals surface area contributed by atoms with E-state index in [9.17, 15) is 39.6 Å². The maximum absolute atomic E-state index is 13.0. The number of aliphatic hydroxyl groups excluding tert-OH is 1. The molecule has 22 nitrogen and oxygen atoms in total. The van der Waals surface area contributed by atoms with Gasteiger partial charge in [-0.05, 0) is 175 Å². The minimum absolute atomic E-state index is 0. The monoisotopic (exact) mass is 1510 g/mol. The third-order valence-electron chi connectivity index (χ3n) is 21.8. The highest BCUT2D eigenvalue weighted by Gasteiger charge is 2.51. The van der Waals surface area contributed by atoms with Gasteiger partial charge in [-0.3, -0.25) is 29.4 Å². The number of nitrogens with one attached hydrogen (secondary N) is 3. The number of piperidine rings is 3. The number of aliphatic hydroxyl groups is 1. The van der Waals surface area contributed by atoms with E-state index in [1.54, 1.807) is 27.4 Å². The van der Waals surface area contributed by atoms with Gasteiger partial charge in [-0.2, -0.15) is 8.61 Å². The van der Waals surface area contributed by atoms with Gasteiger partial charge in [0.15, 0.2) is 0 Å². The summed E-state index contributed by atoms with van der Waals surface area (Å²) in [5.41, 5.74) is 2.44. The van der Waals surface area contributed by atoms with E-state index in [1.165, 1.54) is 44.0 Å². The zero-order valence-electron chi connectivity index (χ0n) is 59.6. The molecule has 3 aromatic carbocycles. The van der Waals surface area contributed by atoms with E-state index >= 15 is 0 Å². The Labute approximate surface area is 604 Å². The summed E-state index contributed by atoms with van der Waals surface area (Å²) in [4.78, 5) is 52.6. The lowest BCUT2D eigenvalue weighted by molar-refractivity contribution is -0.125. The Bertz CT molecular complexity index is 3810. The normalized spacial score (nSPS) is 25.1. The van der Waals surface area contributed by atoms with Crippen LogP contribution in [0.2, 0.25) is 0 Å². The predicted octanol–water partition coefficient (Wildman–Crippen LogP) is 11.2. The highest BCUT2D eigenvalue weighted by Crippen LogP contribution is 2.40. The van der Waals surface area contributed by atoms with Crippen LogP contribution in [0.1, 0.15) is 172 Å². The van der Waals surface area contributed by atoms with Gasteiger partial charge in [0.25, 0.3) is 17.7 Å². The molecule has 3 saturated heterocycles. The standard InChI is InChI=1S/C24H35N3O4S.C24H33N3O4S.C16H25N3O3S.C8H9BrO.CH4O.CH4/c2*1-17-7-9-20(10-8-17)22-25-23(28)24(26-22)12-14-27(15-13-24)32(29,30)16-11-19-5-4-6-21(31-3)18(19)2;1-3-23(21,22)19-10-8-16(9-11-19)15(20)17-14(18-16)13-6-4-12(2)5-7-13;1-6-7(9)4-3-5-8(6)10-2;1-2;/h4-6,17,20H,7-16H2,1-3H3,(H,25,26,28);4-6,11,16-17,20H,7-10,12-15H2,1-3H3,(H,25,26,28);3,12-13H,1,4-11H2,2H3,(H,17,18,20);3-5H,1-2H3;2H,1H3;1H4/b;16-11+;;;;. The zero-order valence-corrected chi connectivity index (χ0v) is 63.7. The molecule has 6 heterocycles. The Morgan fingerprint density at radius 2 is 0.860 bits per heavy atom. The van der Waals surface area contributed by atoms with Gasteiger partial charge >= 0.3 is 0 Å². The molecule has 12 rings (SSSR count). The highest BCUT2D eigenvalue weighted by molar-refractivity contribution is 9.10. The fraction of sp³-hybridized carbons (Fsp3) is 0.622. The van der Waals surface area contributed by atoms with Crippen LogP contribution in [0.3, 0.4) is 0 Å². The van der Waals surface area contributed by atoms with Crippen LogP contribution < -0.4 is 30.2 Å². The number of aliphatic imine (C=N–C) groups is 3. The largest absolute Gasteiger partial charge is 0.496 e. The van der Waals surface area contributed by atoms with Gasteiger partial charge in [-0.25, -0.2) is 29.6 Å². The van der Waals surface area contributed by atoms with Crippen molar-refractivity contribution < 1.29 is 59.0 Å². The molecule has 0 unspecified atom stereocenters. The van der Waals surface area contributed by atoms with Gasteiger partial charge < -0.3 is 35.3 Å². The Kier molecular flexibility index (Phi) is 28.9. The second kappa shape index (κ2) is 35.5. The zero-order chi connectivity index (χ0) is 72.1. The summed E-state index contributed by atoms with van der Waals surface area (Å²) in [6, 6.07) is 17.2. The van der Waals surface area contributed by atoms with Crippen LogP contribution in [0, 0.1) is 56.3 Å². The van der Waals surface area contributed by atoms with Crippen molar-refractivity contribution in [3.8, 4) is 17.2 Å². The maximum atomic E-state index is 13.0. The molecule has 100 heavy (non-hydrogen) atoms. The molecule has 0 atom stereocenters. The van der Waals surface area contributed by atoms with Crippen molar-refractivity contribution in [2.24, 2.45) is 50.5 Å². The van der Waals surface area contributed by atoms with E-state index in [2.05, 4.69) is 59.2 Å². The summed E-state index contributed by atoms with van der Waals surface area (Å²) in [5.74, 6) is 8.05. The molecule has 3 spiro atoms. The first-order chi connectivity index (χ1) is 47.1. The number of aryl methyl sites for hydroxylation is 1. The van der Waals surface area contributed by atoms with Crippen LogP contribution in [-0.4, -0.2) is 169 Å². The molecule has 26 heteroatoms. The van der Waals surface area contributed by atoms with Crippen molar-refractivity contribution in [3.05, 3.63) is 104 Å². The average molecular weight is 1510 g/mol. The molecule has 3 saturated carbocycles. The third kappa shape index (κ3) is 19.5. The van der Waals surface area contributed by atoms with Crippen LogP contribution in [0.4, 0.5) is 0 Å². The lowest BCUT2D eigenvalue weighted by Gasteiger charge is -2.34. The Morgan fingerprint density at radius 1 is 0.520 bits per heavy atom. The molecule has 3 amide bonds. The SMILES string of the molecule is C.C=CS(=O)(=O)N1CCC2(CC1)N=C(C1CCC(C)CC1)NC2=O.CO.COc1cccc(/C=C/S(=O)(=O)N2CCC3(CC2)N=C(C2CCC(C)CC2)NC3=O)c1C.COc1cccc(Br)c1C.COc1cccc(CCS(=O)(=O)N2CCC3(CC2)N=C(C2CCC(C)CC2)NC3=O)c1C. The fourth-order valence-corrected chi connectivity index (χ4v) is 18.8. The van der Waals surface area contributed by atoms with E-state index in [0.29, 0.717) is 88.9 Å². The van der Waals surface area contributed by atoms with Gasteiger partial charge in [0, 0.05) is 85.0 Å².